The van der Waals surface area contributed by atoms with E-state index in [-0.39, 0.29) is 18.0 Å². The van der Waals surface area contributed by atoms with E-state index >= 15 is 0 Å². The van der Waals surface area contributed by atoms with Crippen LogP contribution in [0.2, 0.25) is 0 Å². The molecule has 1 aliphatic rings. The summed E-state index contributed by atoms with van der Waals surface area (Å²) < 4.78 is 6.54. The summed E-state index contributed by atoms with van der Waals surface area (Å²) in [5.74, 6) is 1.55. The fraction of sp³-hybridized carbons (Fsp3) is 0.421. The number of hydrogen-bond acceptors (Lipinski definition) is 2. The number of furan rings is 1. The van der Waals surface area contributed by atoms with Gasteiger partial charge < -0.3 is 9.32 Å². The number of halogens is 1. The molecule has 0 spiro atoms. The van der Waals surface area contributed by atoms with Crippen LogP contribution in [0.25, 0.3) is 0 Å². The smallest absolute Gasteiger partial charge is 0.254 e. The molecule has 4 heteroatoms. The molecule has 2 aromatic rings. The minimum atomic E-state index is 0.0419. The molecule has 1 aliphatic heterocycles. The average Bonchev–Trinajstić information content (AvgIpc) is 3.15. The van der Waals surface area contributed by atoms with Gasteiger partial charge in [0.2, 0.25) is 0 Å². The van der Waals surface area contributed by atoms with Crippen LogP contribution in [0.4, 0.5) is 0 Å². The van der Waals surface area contributed by atoms with Gasteiger partial charge in [0.05, 0.1) is 12.3 Å². The number of amides is 1. The molecular formula is C19H22BrNO2. The molecule has 0 radical (unpaired) electrons. The number of carbonyl (C=O) groups excluding carboxylic acids is 1. The van der Waals surface area contributed by atoms with E-state index in [1.807, 2.05) is 41.3 Å². The summed E-state index contributed by atoms with van der Waals surface area (Å²) in [6.45, 7) is 4.42. The highest BCUT2D eigenvalue weighted by Crippen LogP contribution is 2.39. The van der Waals surface area contributed by atoms with Crippen molar-refractivity contribution < 1.29 is 9.21 Å². The van der Waals surface area contributed by atoms with Crippen LogP contribution in [0.1, 0.15) is 55.3 Å². The molecule has 0 N–H and O–H groups in total. The second kappa shape index (κ2) is 6.91. The topological polar surface area (TPSA) is 33.5 Å². The van der Waals surface area contributed by atoms with Crippen molar-refractivity contribution >= 4 is 21.8 Å². The van der Waals surface area contributed by atoms with Crippen molar-refractivity contribution in [1.82, 2.24) is 4.90 Å². The van der Waals surface area contributed by atoms with E-state index in [1.54, 1.807) is 6.26 Å². The number of nitrogens with zero attached hydrogens (tertiary/aromatic N) is 1. The van der Waals surface area contributed by atoms with Gasteiger partial charge in [0.25, 0.3) is 5.91 Å². The van der Waals surface area contributed by atoms with Crippen molar-refractivity contribution in [3.05, 3.63) is 58.5 Å². The zero-order valence-electron chi connectivity index (χ0n) is 13.5. The van der Waals surface area contributed by atoms with Gasteiger partial charge in [-0.1, -0.05) is 35.8 Å². The Kier molecular flexibility index (Phi) is 4.90. The maximum absolute atomic E-state index is 13.2. The van der Waals surface area contributed by atoms with Gasteiger partial charge in [0.1, 0.15) is 5.76 Å². The first-order valence-electron chi connectivity index (χ1n) is 8.18. The Morgan fingerprint density at radius 3 is 2.78 bits per heavy atom. The maximum Gasteiger partial charge on any atom is 0.254 e. The monoisotopic (exact) mass is 375 g/mol. The number of likely N-dealkylation sites (tertiary alicyclic amines) is 1. The molecule has 3 rings (SSSR count). The lowest BCUT2D eigenvalue weighted by Gasteiger charge is -2.30. The number of benzene rings is 1. The van der Waals surface area contributed by atoms with Crippen molar-refractivity contribution in [2.75, 3.05) is 0 Å². The summed E-state index contributed by atoms with van der Waals surface area (Å²) in [5, 5.41) is 0. The molecule has 122 valence electrons. The van der Waals surface area contributed by atoms with Crippen LogP contribution in [0.15, 0.2) is 51.6 Å². The van der Waals surface area contributed by atoms with E-state index in [0.29, 0.717) is 5.92 Å². The van der Waals surface area contributed by atoms with E-state index in [0.717, 1.165) is 35.1 Å². The Hall–Kier alpha value is -1.55. The van der Waals surface area contributed by atoms with Crippen LogP contribution >= 0.6 is 15.9 Å². The van der Waals surface area contributed by atoms with E-state index < -0.39 is 0 Å². The number of hydrogen-bond donors (Lipinski definition) is 0. The molecule has 1 saturated heterocycles. The van der Waals surface area contributed by atoms with E-state index in [2.05, 4.69) is 29.8 Å². The highest BCUT2D eigenvalue weighted by molar-refractivity contribution is 9.10. The van der Waals surface area contributed by atoms with Gasteiger partial charge in [0.15, 0.2) is 0 Å². The van der Waals surface area contributed by atoms with Crippen LogP contribution in [-0.4, -0.2) is 16.8 Å². The lowest BCUT2D eigenvalue weighted by atomic mass is 10.0. The summed E-state index contributed by atoms with van der Waals surface area (Å²) >= 11 is 3.46. The van der Waals surface area contributed by atoms with Crippen molar-refractivity contribution in [1.29, 1.82) is 0 Å². The normalized spacial score (nSPS) is 21.1. The summed E-state index contributed by atoms with van der Waals surface area (Å²) in [6, 6.07) is 11.8. The molecule has 0 aliphatic carbocycles. The Labute approximate surface area is 145 Å². The summed E-state index contributed by atoms with van der Waals surface area (Å²) in [5.41, 5.74) is 0.728. The average molecular weight is 376 g/mol. The predicted molar refractivity (Wildman–Crippen MR) is 94.2 cm³/mol. The zero-order valence-corrected chi connectivity index (χ0v) is 15.1. The molecule has 1 amide bonds. The third-order valence-corrected chi connectivity index (χ3v) is 4.92. The first-order valence-corrected chi connectivity index (χ1v) is 8.97. The fourth-order valence-corrected chi connectivity index (χ4v) is 3.90. The summed E-state index contributed by atoms with van der Waals surface area (Å²) in [7, 11) is 0. The highest BCUT2D eigenvalue weighted by Gasteiger charge is 2.39. The Morgan fingerprint density at radius 1 is 1.30 bits per heavy atom. The molecule has 0 bridgehead atoms. The van der Waals surface area contributed by atoms with Crippen LogP contribution in [0.5, 0.6) is 0 Å². The minimum absolute atomic E-state index is 0.0419. The molecule has 2 unspecified atom stereocenters. The lowest BCUT2D eigenvalue weighted by molar-refractivity contribution is 0.0627. The Morgan fingerprint density at radius 2 is 2.13 bits per heavy atom. The minimum Gasteiger partial charge on any atom is -0.467 e. The molecule has 0 saturated carbocycles. The molecule has 3 nitrogen and oxygen atoms in total. The standard InChI is InChI=1S/C19H22BrNO2/c1-13(2)11-16-8-9-17(18-7-4-10-23-18)21(16)19(22)14-5-3-6-15(20)12-14/h3-7,10,12-13,16-17H,8-9,11H2,1-2H3. The second-order valence-electron chi connectivity index (χ2n) is 6.61. The first-order chi connectivity index (χ1) is 11.1. The van der Waals surface area contributed by atoms with Gasteiger partial charge in [0, 0.05) is 16.1 Å². The largest absolute Gasteiger partial charge is 0.467 e. The van der Waals surface area contributed by atoms with Gasteiger partial charge in [-0.3, -0.25) is 4.79 Å². The first kappa shape index (κ1) is 16.3. The lowest BCUT2D eigenvalue weighted by Crippen LogP contribution is -2.38. The quantitative estimate of drug-likeness (QED) is 0.713. The molecule has 1 aromatic carbocycles. The summed E-state index contributed by atoms with van der Waals surface area (Å²) in [4.78, 5) is 15.2. The van der Waals surface area contributed by atoms with Crippen LogP contribution < -0.4 is 0 Å². The van der Waals surface area contributed by atoms with Gasteiger partial charge in [-0.15, -0.1) is 0 Å². The second-order valence-corrected chi connectivity index (χ2v) is 7.53. The fourth-order valence-electron chi connectivity index (χ4n) is 3.50. The molecule has 2 heterocycles. The van der Waals surface area contributed by atoms with Gasteiger partial charge in [-0.05, 0) is 55.5 Å². The van der Waals surface area contributed by atoms with Gasteiger partial charge in [-0.25, -0.2) is 0 Å². The van der Waals surface area contributed by atoms with E-state index in [9.17, 15) is 4.79 Å². The summed E-state index contributed by atoms with van der Waals surface area (Å²) in [6.07, 6.45) is 4.71. The van der Waals surface area contributed by atoms with Gasteiger partial charge in [-0.2, -0.15) is 0 Å². The molecular weight excluding hydrogens is 354 g/mol. The van der Waals surface area contributed by atoms with Crippen molar-refractivity contribution in [2.24, 2.45) is 5.92 Å². The van der Waals surface area contributed by atoms with Crippen LogP contribution in [0.3, 0.4) is 0 Å². The predicted octanol–water partition coefficient (Wildman–Crippen LogP) is 5.43. The number of rotatable bonds is 4. The molecule has 1 aromatic heterocycles. The third-order valence-electron chi connectivity index (χ3n) is 4.42. The van der Waals surface area contributed by atoms with Crippen molar-refractivity contribution in [3.8, 4) is 0 Å². The molecule has 2 atom stereocenters. The van der Waals surface area contributed by atoms with Crippen molar-refractivity contribution in [3.63, 3.8) is 0 Å². The third kappa shape index (κ3) is 3.52. The Bertz CT molecular complexity index is 666. The van der Waals surface area contributed by atoms with E-state index in [4.69, 9.17) is 4.42 Å². The van der Waals surface area contributed by atoms with Gasteiger partial charge >= 0.3 is 0 Å². The molecule has 1 fully saturated rings. The maximum atomic E-state index is 13.2. The zero-order chi connectivity index (χ0) is 16.4. The van der Waals surface area contributed by atoms with Crippen LogP contribution in [-0.2, 0) is 0 Å². The van der Waals surface area contributed by atoms with Crippen molar-refractivity contribution in [2.45, 2.75) is 45.2 Å². The van der Waals surface area contributed by atoms with E-state index in [1.165, 1.54) is 0 Å². The number of carbonyl (C=O) groups is 1. The SMILES string of the molecule is CC(C)CC1CCC(c2ccco2)N1C(=O)c1cccc(Br)c1. The van der Waals surface area contributed by atoms with Crippen LogP contribution in [0, 0.1) is 5.92 Å². The highest BCUT2D eigenvalue weighted by atomic mass is 79.9. The Balaban J connectivity index is 1.92. The molecule has 23 heavy (non-hydrogen) atoms.